The van der Waals surface area contributed by atoms with Crippen molar-refractivity contribution in [2.24, 2.45) is 0 Å². The summed E-state index contributed by atoms with van der Waals surface area (Å²) >= 11 is 0. The molecule has 4 aromatic carbocycles. The predicted octanol–water partition coefficient (Wildman–Crippen LogP) is 7.24. The summed E-state index contributed by atoms with van der Waals surface area (Å²) in [5, 5.41) is 4.26. The van der Waals surface area contributed by atoms with E-state index in [1.165, 1.54) is 16.7 Å². The fourth-order valence-corrected chi connectivity index (χ4v) is 4.50. The van der Waals surface area contributed by atoms with Crippen LogP contribution >= 0.6 is 0 Å². The van der Waals surface area contributed by atoms with Crippen LogP contribution in [0.3, 0.4) is 0 Å². The first-order valence-corrected chi connectivity index (χ1v) is 11.8. The Balaban J connectivity index is 1.35. The minimum absolute atomic E-state index is 0.00545. The fraction of sp³-hybridized carbons (Fsp3) is 0.129. The third-order valence-electron chi connectivity index (χ3n) is 6.34. The summed E-state index contributed by atoms with van der Waals surface area (Å²) in [4.78, 5) is 13.0. The largest absolute Gasteiger partial charge is 0.345 e. The maximum Gasteiger partial charge on any atom is 0.251 e. The van der Waals surface area contributed by atoms with Crippen LogP contribution in [-0.2, 0) is 6.54 Å². The van der Waals surface area contributed by atoms with Crippen molar-refractivity contribution in [3.8, 4) is 11.1 Å². The van der Waals surface area contributed by atoms with E-state index in [4.69, 9.17) is 0 Å². The molecule has 5 aromatic rings. The smallest absolute Gasteiger partial charge is 0.251 e. The third kappa shape index (κ3) is 4.65. The number of nitrogens with one attached hydrogen (secondary N) is 1. The molecule has 3 nitrogen and oxygen atoms in total. The Labute approximate surface area is 200 Å². The second-order valence-corrected chi connectivity index (χ2v) is 8.63. The maximum absolute atomic E-state index is 13.0. The van der Waals surface area contributed by atoms with E-state index >= 15 is 0 Å². The molecule has 0 spiro atoms. The van der Waals surface area contributed by atoms with Gasteiger partial charge in [-0.3, -0.25) is 4.79 Å². The van der Waals surface area contributed by atoms with E-state index < -0.39 is 0 Å². The number of hydrogen-bond donors (Lipinski definition) is 1. The topological polar surface area (TPSA) is 34.0 Å². The monoisotopic (exact) mass is 444 g/mol. The first kappa shape index (κ1) is 21.7. The van der Waals surface area contributed by atoms with Gasteiger partial charge in [0.05, 0.1) is 6.04 Å². The Morgan fingerprint density at radius 3 is 2.29 bits per heavy atom. The summed E-state index contributed by atoms with van der Waals surface area (Å²) in [5.41, 5.74) is 6.62. The Kier molecular flexibility index (Phi) is 6.26. The van der Waals surface area contributed by atoms with Crippen LogP contribution in [0.5, 0.6) is 0 Å². The molecular weight excluding hydrogens is 416 g/mol. The second-order valence-electron chi connectivity index (χ2n) is 8.63. The second kappa shape index (κ2) is 9.80. The van der Waals surface area contributed by atoms with Crippen molar-refractivity contribution in [3.05, 3.63) is 132 Å². The number of fused-ring (bicyclic) bond motifs is 1. The molecule has 0 fully saturated rings. The fourth-order valence-electron chi connectivity index (χ4n) is 4.50. The van der Waals surface area contributed by atoms with Crippen LogP contribution in [0.4, 0.5) is 0 Å². The molecule has 168 valence electrons. The van der Waals surface area contributed by atoms with Gasteiger partial charge in [-0.05, 0) is 59.0 Å². The van der Waals surface area contributed by atoms with Gasteiger partial charge in [-0.2, -0.15) is 0 Å². The quantitative estimate of drug-likeness (QED) is 0.282. The van der Waals surface area contributed by atoms with Crippen LogP contribution in [-0.4, -0.2) is 10.5 Å². The van der Waals surface area contributed by atoms with Crippen molar-refractivity contribution in [2.45, 2.75) is 25.9 Å². The lowest BCUT2D eigenvalue weighted by atomic mass is 10.0. The van der Waals surface area contributed by atoms with Crippen LogP contribution in [0, 0.1) is 0 Å². The van der Waals surface area contributed by atoms with Crippen molar-refractivity contribution in [3.63, 3.8) is 0 Å². The summed E-state index contributed by atoms with van der Waals surface area (Å²) in [6, 6.07) is 37.3. The molecule has 1 amide bonds. The number of nitrogens with zero attached hydrogens (tertiary/aromatic N) is 1. The zero-order chi connectivity index (χ0) is 23.3. The summed E-state index contributed by atoms with van der Waals surface area (Å²) in [6.45, 7) is 2.87. The maximum atomic E-state index is 13.0. The predicted molar refractivity (Wildman–Crippen MR) is 140 cm³/mol. The normalized spacial score (nSPS) is 11.9. The van der Waals surface area contributed by atoms with Crippen LogP contribution in [0.15, 0.2) is 115 Å². The average Bonchev–Trinajstić information content (AvgIpc) is 3.30. The number of carbonyl (C=O) groups excluding carboxylic acids is 1. The molecule has 3 heteroatoms. The molecule has 1 heterocycles. The van der Waals surface area contributed by atoms with Crippen LogP contribution in [0.2, 0.25) is 0 Å². The first-order chi connectivity index (χ1) is 16.7. The number of amides is 1. The molecule has 0 aliphatic heterocycles. The molecule has 1 aromatic heterocycles. The lowest BCUT2D eigenvalue weighted by Gasteiger charge is -2.17. The van der Waals surface area contributed by atoms with Crippen LogP contribution < -0.4 is 5.32 Å². The van der Waals surface area contributed by atoms with Crippen molar-refractivity contribution < 1.29 is 4.79 Å². The van der Waals surface area contributed by atoms with Gasteiger partial charge in [0, 0.05) is 29.2 Å². The highest BCUT2D eigenvalue weighted by molar-refractivity contribution is 5.98. The standard InChI is InChI=1S/C31H28N2O/c1-2-29(25-13-7-4-8-14-25)32-31(34)28-16-17-30-27(21-28)18-19-33(30)22-23-10-9-15-26(20-23)24-11-5-3-6-12-24/h3-21,29H,2,22H2,1H3,(H,32,34). The van der Waals surface area contributed by atoms with E-state index in [0.717, 1.165) is 29.4 Å². The molecule has 1 N–H and O–H groups in total. The molecule has 34 heavy (non-hydrogen) atoms. The molecule has 1 unspecified atom stereocenters. The van der Waals surface area contributed by atoms with Gasteiger partial charge in [-0.15, -0.1) is 0 Å². The minimum atomic E-state index is -0.0408. The van der Waals surface area contributed by atoms with Gasteiger partial charge < -0.3 is 9.88 Å². The van der Waals surface area contributed by atoms with E-state index in [9.17, 15) is 4.79 Å². The number of benzene rings is 4. The molecule has 0 radical (unpaired) electrons. The molecule has 1 atom stereocenters. The summed E-state index contributed by atoms with van der Waals surface area (Å²) in [6.07, 6.45) is 2.94. The van der Waals surface area contributed by atoms with Gasteiger partial charge in [0.2, 0.25) is 0 Å². The van der Waals surface area contributed by atoms with Crippen molar-refractivity contribution in [2.75, 3.05) is 0 Å². The highest BCUT2D eigenvalue weighted by atomic mass is 16.1. The Morgan fingerprint density at radius 1 is 0.794 bits per heavy atom. The van der Waals surface area contributed by atoms with Gasteiger partial charge in [-0.1, -0.05) is 85.8 Å². The third-order valence-corrected chi connectivity index (χ3v) is 6.34. The van der Waals surface area contributed by atoms with E-state index in [2.05, 4.69) is 95.8 Å². The number of carbonyl (C=O) groups is 1. The molecule has 0 saturated carbocycles. The summed E-state index contributed by atoms with van der Waals surface area (Å²) < 4.78 is 2.24. The van der Waals surface area contributed by atoms with Crippen molar-refractivity contribution >= 4 is 16.8 Å². The SMILES string of the molecule is CCC(NC(=O)c1ccc2c(ccn2Cc2cccc(-c3ccccc3)c2)c1)c1ccccc1. The molecule has 0 aliphatic rings. The van der Waals surface area contributed by atoms with Gasteiger partial charge in [0.25, 0.3) is 5.91 Å². The van der Waals surface area contributed by atoms with Crippen molar-refractivity contribution in [1.29, 1.82) is 0 Å². The summed E-state index contributed by atoms with van der Waals surface area (Å²) in [7, 11) is 0. The highest BCUT2D eigenvalue weighted by Crippen LogP contribution is 2.24. The van der Waals surface area contributed by atoms with Gasteiger partial charge >= 0.3 is 0 Å². The molecule has 5 rings (SSSR count). The number of rotatable bonds is 7. The average molecular weight is 445 g/mol. The van der Waals surface area contributed by atoms with Crippen molar-refractivity contribution in [1.82, 2.24) is 9.88 Å². The molecular formula is C31H28N2O. The highest BCUT2D eigenvalue weighted by Gasteiger charge is 2.15. The number of hydrogen-bond acceptors (Lipinski definition) is 1. The Morgan fingerprint density at radius 2 is 1.53 bits per heavy atom. The Bertz CT molecular complexity index is 1400. The van der Waals surface area contributed by atoms with Crippen LogP contribution in [0.1, 0.15) is 40.9 Å². The lowest BCUT2D eigenvalue weighted by Crippen LogP contribution is -2.28. The molecule has 0 bridgehead atoms. The van der Waals surface area contributed by atoms with Gasteiger partial charge in [0.15, 0.2) is 0 Å². The van der Waals surface area contributed by atoms with Gasteiger partial charge in [-0.25, -0.2) is 0 Å². The lowest BCUT2D eigenvalue weighted by molar-refractivity contribution is 0.0935. The summed E-state index contributed by atoms with van der Waals surface area (Å²) in [5.74, 6) is -0.0408. The zero-order valence-electron chi connectivity index (χ0n) is 19.3. The van der Waals surface area contributed by atoms with Gasteiger partial charge in [0.1, 0.15) is 0 Å². The number of aromatic nitrogens is 1. The van der Waals surface area contributed by atoms with Crippen LogP contribution in [0.25, 0.3) is 22.0 Å². The van der Waals surface area contributed by atoms with E-state index in [0.29, 0.717) is 5.56 Å². The first-order valence-electron chi connectivity index (χ1n) is 11.8. The molecule has 0 saturated heterocycles. The van der Waals surface area contributed by atoms with E-state index in [1.54, 1.807) is 0 Å². The molecule has 0 aliphatic carbocycles. The van der Waals surface area contributed by atoms with E-state index in [1.807, 2.05) is 36.4 Å². The zero-order valence-corrected chi connectivity index (χ0v) is 19.3. The Hall–Kier alpha value is -4.11. The van der Waals surface area contributed by atoms with E-state index in [-0.39, 0.29) is 11.9 Å². The minimum Gasteiger partial charge on any atom is -0.345 e.